The van der Waals surface area contributed by atoms with Crippen LogP contribution in [0.5, 0.6) is 0 Å². The number of fused-ring (bicyclic) bond motifs is 5. The van der Waals surface area contributed by atoms with E-state index >= 15 is 0 Å². The number of carbonyl (C=O) groups is 4. The highest BCUT2D eigenvalue weighted by atomic mass is 16.5. The molecule has 3 N–H and O–H groups in total. The number of nitrogens with zero attached hydrogens (tertiary/aromatic N) is 1. The Morgan fingerprint density at radius 2 is 1.74 bits per heavy atom. The first kappa shape index (κ1) is 26.2. The van der Waals surface area contributed by atoms with Crippen molar-refractivity contribution < 1.29 is 23.9 Å². The predicted molar refractivity (Wildman–Crippen MR) is 157 cm³/mol. The number of ether oxygens (including phenoxy) is 1. The Hall–Kier alpha value is -4.76. The molecule has 9 heteroatoms. The average molecular weight is 563 g/mol. The summed E-state index contributed by atoms with van der Waals surface area (Å²) in [4.78, 5) is 59.2. The van der Waals surface area contributed by atoms with Crippen LogP contribution >= 0.6 is 0 Å². The molecular weight excluding hydrogens is 532 g/mol. The van der Waals surface area contributed by atoms with Crippen LogP contribution in [0.1, 0.15) is 39.5 Å². The van der Waals surface area contributed by atoms with E-state index in [2.05, 4.69) is 15.6 Å². The number of anilines is 2. The molecule has 9 nitrogen and oxygen atoms in total. The maximum atomic E-state index is 14.3. The third-order valence-corrected chi connectivity index (χ3v) is 9.17. The monoisotopic (exact) mass is 562 g/mol. The van der Waals surface area contributed by atoms with Gasteiger partial charge in [0.15, 0.2) is 0 Å². The quantitative estimate of drug-likeness (QED) is 0.249. The van der Waals surface area contributed by atoms with E-state index in [9.17, 15) is 19.2 Å². The fraction of sp³-hybridized carbons (Fsp3) is 0.273. The van der Waals surface area contributed by atoms with Gasteiger partial charge in [0.25, 0.3) is 0 Å². The van der Waals surface area contributed by atoms with Gasteiger partial charge in [0, 0.05) is 34.4 Å². The zero-order valence-corrected chi connectivity index (χ0v) is 23.5. The first-order valence-corrected chi connectivity index (χ1v) is 14.2. The number of aryl methyl sites for hydroxylation is 1. The lowest BCUT2D eigenvalue weighted by atomic mass is 9.75. The van der Waals surface area contributed by atoms with Crippen molar-refractivity contribution in [1.29, 1.82) is 0 Å². The highest BCUT2D eigenvalue weighted by Gasteiger charge is 2.70. The van der Waals surface area contributed by atoms with Crippen LogP contribution in [0.3, 0.4) is 0 Å². The van der Waals surface area contributed by atoms with Crippen LogP contribution in [0.25, 0.3) is 10.9 Å². The van der Waals surface area contributed by atoms with Gasteiger partial charge in [0.2, 0.25) is 17.7 Å². The molecule has 3 aliphatic rings. The van der Waals surface area contributed by atoms with E-state index in [0.717, 1.165) is 27.6 Å². The SMILES string of the molecule is CCOC(=O)c1ccc(N2C(=O)[C@@H]3C(Cc4c[nH]c5ccccc45)NC4(C(=O)Nc5c4ccc(C)c5C)[C@@H]3C2=O)cc1. The second kappa shape index (κ2) is 9.39. The number of aromatic nitrogens is 1. The molecule has 4 heterocycles. The molecule has 0 aliphatic carbocycles. The van der Waals surface area contributed by atoms with Crippen molar-refractivity contribution in [2.45, 2.75) is 38.8 Å². The lowest BCUT2D eigenvalue weighted by Crippen LogP contribution is -2.53. The van der Waals surface area contributed by atoms with Gasteiger partial charge >= 0.3 is 5.97 Å². The van der Waals surface area contributed by atoms with Crippen molar-refractivity contribution in [3.8, 4) is 0 Å². The smallest absolute Gasteiger partial charge is 0.338 e. The van der Waals surface area contributed by atoms with E-state index in [1.807, 2.05) is 56.4 Å². The van der Waals surface area contributed by atoms with Crippen molar-refractivity contribution in [1.82, 2.24) is 10.3 Å². The molecule has 4 atom stereocenters. The number of benzene rings is 3. The molecule has 2 unspecified atom stereocenters. The van der Waals surface area contributed by atoms with Crippen LogP contribution in [-0.2, 0) is 31.1 Å². The maximum Gasteiger partial charge on any atom is 0.338 e. The molecule has 42 heavy (non-hydrogen) atoms. The molecule has 1 spiro atoms. The molecule has 0 saturated carbocycles. The predicted octanol–water partition coefficient (Wildman–Crippen LogP) is 4.13. The Labute approximate surface area is 242 Å². The van der Waals surface area contributed by atoms with Crippen molar-refractivity contribution in [2.24, 2.45) is 11.8 Å². The number of para-hydroxylation sites is 1. The Morgan fingerprint density at radius 1 is 0.976 bits per heavy atom. The number of H-pyrrole nitrogens is 1. The number of hydrogen-bond donors (Lipinski definition) is 3. The van der Waals surface area contributed by atoms with E-state index < -0.39 is 35.3 Å². The van der Waals surface area contributed by atoms with Crippen LogP contribution in [0.2, 0.25) is 0 Å². The number of aromatic amines is 1. The Bertz CT molecular complexity index is 1810. The number of esters is 1. The largest absolute Gasteiger partial charge is 0.462 e. The molecule has 212 valence electrons. The summed E-state index contributed by atoms with van der Waals surface area (Å²) in [5, 5.41) is 7.61. The summed E-state index contributed by atoms with van der Waals surface area (Å²) in [5.41, 5.74) is 4.58. The Kier molecular flexibility index (Phi) is 5.85. The second-order valence-electron chi connectivity index (χ2n) is 11.3. The molecule has 4 aromatic rings. The fourth-order valence-corrected chi connectivity index (χ4v) is 7.05. The molecule has 3 amide bonds. The lowest BCUT2D eigenvalue weighted by molar-refractivity contribution is -0.130. The van der Waals surface area contributed by atoms with E-state index in [-0.39, 0.29) is 18.4 Å². The van der Waals surface area contributed by atoms with Gasteiger partial charge in [0.05, 0.1) is 29.7 Å². The van der Waals surface area contributed by atoms with Gasteiger partial charge in [-0.15, -0.1) is 0 Å². The number of hydrogen-bond acceptors (Lipinski definition) is 6. The minimum absolute atomic E-state index is 0.239. The van der Waals surface area contributed by atoms with E-state index in [0.29, 0.717) is 28.9 Å². The van der Waals surface area contributed by atoms with Crippen LogP contribution in [0.4, 0.5) is 11.4 Å². The summed E-state index contributed by atoms with van der Waals surface area (Å²) in [6, 6.07) is 17.5. The van der Waals surface area contributed by atoms with Gasteiger partial charge in [-0.25, -0.2) is 9.69 Å². The standard InChI is InChI=1S/C33H30N4O5/c1-4-42-31(40)19-10-12-21(13-11-19)37-29(38)26-25(15-20-16-34-24-8-6-5-7-22(20)24)36-33(27(26)30(37)39)23-14-9-17(2)18(3)28(23)35-32(33)41/h5-14,16,25-27,34,36H,4,15H2,1-3H3,(H,35,41)/t25?,26-,27+,33?/m1/s1. The van der Waals surface area contributed by atoms with Gasteiger partial charge in [-0.3, -0.25) is 19.7 Å². The van der Waals surface area contributed by atoms with E-state index in [4.69, 9.17) is 4.74 Å². The van der Waals surface area contributed by atoms with Crippen molar-refractivity contribution >= 4 is 46.0 Å². The van der Waals surface area contributed by atoms with E-state index in [1.54, 1.807) is 31.2 Å². The van der Waals surface area contributed by atoms with Crippen molar-refractivity contribution in [3.63, 3.8) is 0 Å². The molecule has 3 aliphatic heterocycles. The first-order chi connectivity index (χ1) is 20.3. The zero-order valence-electron chi connectivity index (χ0n) is 23.5. The number of nitrogens with one attached hydrogen (secondary N) is 3. The number of carbonyl (C=O) groups excluding carboxylic acids is 4. The number of imide groups is 1. The normalized spacial score (nSPS) is 24.4. The van der Waals surface area contributed by atoms with Gasteiger partial charge in [-0.1, -0.05) is 30.3 Å². The lowest BCUT2D eigenvalue weighted by Gasteiger charge is -2.29. The Balaban J connectivity index is 1.34. The van der Waals surface area contributed by atoms with Crippen LogP contribution < -0.4 is 15.5 Å². The first-order valence-electron chi connectivity index (χ1n) is 14.2. The molecule has 0 radical (unpaired) electrons. The van der Waals surface area contributed by atoms with Crippen LogP contribution in [0, 0.1) is 25.7 Å². The van der Waals surface area contributed by atoms with Crippen molar-refractivity contribution in [2.75, 3.05) is 16.8 Å². The van der Waals surface area contributed by atoms with Gasteiger partial charge in [-0.2, -0.15) is 0 Å². The fourth-order valence-electron chi connectivity index (χ4n) is 7.05. The number of amides is 3. The Morgan fingerprint density at radius 3 is 2.50 bits per heavy atom. The van der Waals surface area contributed by atoms with Crippen molar-refractivity contribution in [3.05, 3.63) is 94.7 Å². The maximum absolute atomic E-state index is 14.3. The highest BCUT2D eigenvalue weighted by Crippen LogP contribution is 2.54. The molecule has 2 fully saturated rings. The van der Waals surface area contributed by atoms with Gasteiger partial charge in [0.1, 0.15) is 5.54 Å². The van der Waals surface area contributed by atoms with Gasteiger partial charge in [-0.05, 0) is 74.2 Å². The summed E-state index contributed by atoms with van der Waals surface area (Å²) in [6.07, 6.45) is 2.37. The summed E-state index contributed by atoms with van der Waals surface area (Å²) in [7, 11) is 0. The van der Waals surface area contributed by atoms with Crippen LogP contribution in [-0.4, -0.2) is 41.3 Å². The summed E-state index contributed by atoms with van der Waals surface area (Å²) >= 11 is 0. The topological polar surface area (TPSA) is 121 Å². The molecular formula is C33H30N4O5. The third kappa shape index (κ3) is 3.53. The van der Waals surface area contributed by atoms with Gasteiger partial charge < -0.3 is 15.0 Å². The second-order valence-corrected chi connectivity index (χ2v) is 11.3. The molecule has 2 saturated heterocycles. The van der Waals surface area contributed by atoms with Crippen LogP contribution in [0.15, 0.2) is 66.9 Å². The molecule has 0 bridgehead atoms. The van der Waals surface area contributed by atoms with E-state index in [1.165, 1.54) is 4.90 Å². The molecule has 3 aromatic carbocycles. The molecule has 7 rings (SSSR count). The minimum atomic E-state index is -1.40. The third-order valence-electron chi connectivity index (χ3n) is 9.17. The summed E-state index contributed by atoms with van der Waals surface area (Å²) in [6.45, 7) is 5.89. The highest BCUT2D eigenvalue weighted by molar-refractivity contribution is 6.26. The zero-order chi connectivity index (χ0) is 29.3. The summed E-state index contributed by atoms with van der Waals surface area (Å²) < 4.78 is 5.08. The molecule has 1 aromatic heterocycles. The summed E-state index contributed by atoms with van der Waals surface area (Å²) in [5.74, 6) is -3.35. The number of rotatable bonds is 5. The average Bonchev–Trinajstić information content (AvgIpc) is 3.70. The minimum Gasteiger partial charge on any atom is -0.462 e.